The van der Waals surface area contributed by atoms with Gasteiger partial charge in [0.15, 0.2) is 0 Å². The topological polar surface area (TPSA) is 86.5 Å². The first-order valence-electron chi connectivity index (χ1n) is 6.82. The van der Waals surface area contributed by atoms with Gasteiger partial charge in [-0.05, 0) is 24.3 Å². The minimum Gasteiger partial charge on any atom is -0.497 e. The van der Waals surface area contributed by atoms with Crippen LogP contribution in [0.4, 0.5) is 0 Å². The van der Waals surface area contributed by atoms with Crippen LogP contribution in [0.1, 0.15) is 21.6 Å². The van der Waals surface area contributed by atoms with Crippen molar-refractivity contribution in [3.05, 3.63) is 53.3 Å². The highest BCUT2D eigenvalue weighted by molar-refractivity contribution is 5.94. The molecule has 6 heteroatoms. The van der Waals surface area contributed by atoms with Crippen LogP contribution in [0.2, 0.25) is 0 Å². The van der Waals surface area contributed by atoms with Crippen LogP contribution in [-0.2, 0) is 13.1 Å². The van der Waals surface area contributed by atoms with Crippen molar-refractivity contribution in [2.75, 3.05) is 14.2 Å². The van der Waals surface area contributed by atoms with Gasteiger partial charge >= 0.3 is 0 Å². The molecule has 22 heavy (non-hydrogen) atoms. The van der Waals surface area contributed by atoms with E-state index in [-0.39, 0.29) is 5.91 Å². The molecular formula is C16H19N3O3. The van der Waals surface area contributed by atoms with E-state index in [4.69, 9.17) is 15.2 Å². The smallest absolute Gasteiger partial charge is 0.251 e. The van der Waals surface area contributed by atoms with Crippen molar-refractivity contribution < 1.29 is 14.3 Å². The van der Waals surface area contributed by atoms with Crippen LogP contribution < -0.4 is 20.5 Å². The molecule has 2 aromatic rings. The number of aromatic nitrogens is 1. The molecule has 0 spiro atoms. The molecule has 1 aromatic carbocycles. The van der Waals surface area contributed by atoms with Crippen LogP contribution in [-0.4, -0.2) is 25.1 Å². The summed E-state index contributed by atoms with van der Waals surface area (Å²) in [7, 11) is 3.17. The zero-order valence-corrected chi connectivity index (χ0v) is 12.6. The normalized spacial score (nSPS) is 10.1. The molecule has 116 valence electrons. The number of rotatable bonds is 6. The molecule has 1 amide bonds. The maximum Gasteiger partial charge on any atom is 0.251 e. The molecule has 1 aromatic heterocycles. The van der Waals surface area contributed by atoms with E-state index in [9.17, 15) is 4.79 Å². The average molecular weight is 301 g/mol. The van der Waals surface area contributed by atoms with Crippen molar-refractivity contribution in [1.82, 2.24) is 10.3 Å². The van der Waals surface area contributed by atoms with Crippen molar-refractivity contribution in [2.24, 2.45) is 5.73 Å². The van der Waals surface area contributed by atoms with Gasteiger partial charge in [0.05, 0.1) is 19.9 Å². The Hall–Kier alpha value is -2.60. The van der Waals surface area contributed by atoms with Crippen molar-refractivity contribution in [1.29, 1.82) is 0 Å². The van der Waals surface area contributed by atoms with Crippen molar-refractivity contribution in [2.45, 2.75) is 13.1 Å². The molecule has 0 saturated carbocycles. The summed E-state index contributed by atoms with van der Waals surface area (Å²) < 4.78 is 10.5. The number of amides is 1. The summed E-state index contributed by atoms with van der Waals surface area (Å²) in [6.07, 6.45) is 1.57. The second kappa shape index (κ2) is 7.42. The number of pyridine rings is 1. The Morgan fingerprint density at radius 2 is 2.05 bits per heavy atom. The molecule has 0 atom stereocenters. The number of nitrogens with one attached hydrogen (secondary N) is 1. The fraction of sp³-hybridized carbons (Fsp3) is 0.250. The van der Waals surface area contributed by atoms with Gasteiger partial charge in [-0.3, -0.25) is 9.78 Å². The molecular weight excluding hydrogens is 282 g/mol. The average Bonchev–Trinajstić information content (AvgIpc) is 2.59. The number of ether oxygens (including phenoxy) is 2. The number of nitrogens with two attached hydrogens (primary N) is 1. The van der Waals surface area contributed by atoms with Crippen LogP contribution in [0, 0.1) is 0 Å². The lowest BCUT2D eigenvalue weighted by atomic mass is 10.1. The summed E-state index contributed by atoms with van der Waals surface area (Å²) in [4.78, 5) is 16.2. The van der Waals surface area contributed by atoms with E-state index in [1.54, 1.807) is 38.6 Å². The SMILES string of the molecule is COc1ccc(CNC(=O)c2ccnc(CN)c2)c(OC)c1. The van der Waals surface area contributed by atoms with Crippen molar-refractivity contribution in [3.8, 4) is 11.5 Å². The van der Waals surface area contributed by atoms with E-state index in [0.717, 1.165) is 5.56 Å². The predicted octanol–water partition coefficient (Wildman–Crippen LogP) is 1.49. The lowest BCUT2D eigenvalue weighted by Gasteiger charge is -2.11. The van der Waals surface area contributed by atoms with E-state index in [1.807, 2.05) is 12.1 Å². The number of hydrogen-bond donors (Lipinski definition) is 2. The summed E-state index contributed by atoms with van der Waals surface area (Å²) in [5.74, 6) is 1.18. The third-order valence-electron chi connectivity index (χ3n) is 3.22. The van der Waals surface area contributed by atoms with Gasteiger partial charge in [-0.15, -0.1) is 0 Å². The second-order valence-electron chi connectivity index (χ2n) is 4.60. The standard InChI is InChI=1S/C16H19N3O3/c1-21-14-4-3-12(15(8-14)22-2)10-19-16(20)11-5-6-18-13(7-11)9-17/h3-8H,9-10,17H2,1-2H3,(H,19,20). The Morgan fingerprint density at radius 3 is 2.73 bits per heavy atom. The Morgan fingerprint density at radius 1 is 1.23 bits per heavy atom. The first-order chi connectivity index (χ1) is 10.7. The summed E-state index contributed by atoms with van der Waals surface area (Å²) in [6.45, 7) is 0.652. The fourth-order valence-corrected chi connectivity index (χ4v) is 2.01. The lowest BCUT2D eigenvalue weighted by Crippen LogP contribution is -2.23. The molecule has 2 rings (SSSR count). The molecule has 0 bridgehead atoms. The van der Waals surface area contributed by atoms with Crippen LogP contribution in [0.25, 0.3) is 0 Å². The third-order valence-corrected chi connectivity index (χ3v) is 3.22. The van der Waals surface area contributed by atoms with E-state index >= 15 is 0 Å². The molecule has 0 aliphatic heterocycles. The Bertz CT molecular complexity index is 659. The Labute approximate surface area is 129 Å². The summed E-state index contributed by atoms with van der Waals surface area (Å²) >= 11 is 0. The molecule has 0 aliphatic carbocycles. The molecule has 0 aliphatic rings. The zero-order chi connectivity index (χ0) is 15.9. The number of nitrogens with zero attached hydrogens (tertiary/aromatic N) is 1. The molecule has 0 unspecified atom stereocenters. The molecule has 1 heterocycles. The van der Waals surface area contributed by atoms with Crippen molar-refractivity contribution in [3.63, 3.8) is 0 Å². The summed E-state index contributed by atoms with van der Waals surface area (Å²) in [6, 6.07) is 8.79. The monoisotopic (exact) mass is 301 g/mol. The van der Waals surface area contributed by atoms with Gasteiger partial charge in [-0.1, -0.05) is 0 Å². The van der Waals surface area contributed by atoms with Crippen LogP contribution in [0.3, 0.4) is 0 Å². The maximum absolute atomic E-state index is 12.2. The Kier molecular flexibility index (Phi) is 5.32. The number of carbonyl (C=O) groups is 1. The van der Waals surface area contributed by atoms with E-state index in [0.29, 0.717) is 35.8 Å². The number of benzene rings is 1. The van der Waals surface area contributed by atoms with Gasteiger partial charge in [0.2, 0.25) is 0 Å². The zero-order valence-electron chi connectivity index (χ0n) is 12.6. The highest BCUT2D eigenvalue weighted by Crippen LogP contribution is 2.24. The van der Waals surface area contributed by atoms with Crippen LogP contribution in [0.5, 0.6) is 11.5 Å². The highest BCUT2D eigenvalue weighted by atomic mass is 16.5. The highest BCUT2D eigenvalue weighted by Gasteiger charge is 2.09. The van der Waals surface area contributed by atoms with Crippen LogP contribution in [0.15, 0.2) is 36.5 Å². The third kappa shape index (κ3) is 3.73. The second-order valence-corrected chi connectivity index (χ2v) is 4.60. The first kappa shape index (κ1) is 15.8. The molecule has 6 nitrogen and oxygen atoms in total. The molecule has 3 N–H and O–H groups in total. The van der Waals surface area contributed by atoms with E-state index < -0.39 is 0 Å². The van der Waals surface area contributed by atoms with Crippen LogP contribution >= 0.6 is 0 Å². The van der Waals surface area contributed by atoms with Gasteiger partial charge in [0.1, 0.15) is 11.5 Å². The predicted molar refractivity (Wildman–Crippen MR) is 82.8 cm³/mol. The number of carbonyl (C=O) groups excluding carboxylic acids is 1. The summed E-state index contributed by atoms with van der Waals surface area (Å²) in [5.41, 5.74) is 7.60. The quantitative estimate of drug-likeness (QED) is 0.844. The number of hydrogen-bond acceptors (Lipinski definition) is 5. The lowest BCUT2D eigenvalue weighted by molar-refractivity contribution is 0.0950. The van der Waals surface area contributed by atoms with Gasteiger partial charge in [0, 0.05) is 36.5 Å². The van der Waals surface area contributed by atoms with Gasteiger partial charge < -0.3 is 20.5 Å². The summed E-state index contributed by atoms with van der Waals surface area (Å²) in [5, 5.41) is 2.85. The minimum absolute atomic E-state index is 0.185. The largest absolute Gasteiger partial charge is 0.497 e. The van der Waals surface area contributed by atoms with Gasteiger partial charge in [0.25, 0.3) is 5.91 Å². The molecule has 0 saturated heterocycles. The minimum atomic E-state index is -0.185. The van der Waals surface area contributed by atoms with Gasteiger partial charge in [-0.25, -0.2) is 0 Å². The van der Waals surface area contributed by atoms with Gasteiger partial charge in [-0.2, -0.15) is 0 Å². The Balaban J connectivity index is 2.07. The molecule has 0 radical (unpaired) electrons. The van der Waals surface area contributed by atoms with Crippen molar-refractivity contribution >= 4 is 5.91 Å². The first-order valence-corrected chi connectivity index (χ1v) is 6.82. The van der Waals surface area contributed by atoms with E-state index in [2.05, 4.69) is 10.3 Å². The molecule has 0 fully saturated rings. The fourth-order valence-electron chi connectivity index (χ4n) is 2.01. The van der Waals surface area contributed by atoms with E-state index in [1.165, 1.54) is 0 Å². The number of methoxy groups -OCH3 is 2. The maximum atomic E-state index is 12.2.